The van der Waals surface area contributed by atoms with Crippen molar-refractivity contribution in [3.8, 4) is 46.0 Å². The first-order valence-corrected chi connectivity index (χ1v) is 42.7. The van der Waals surface area contributed by atoms with E-state index in [-0.39, 0.29) is 26.2 Å². The molecule has 1 aliphatic carbocycles. The van der Waals surface area contributed by atoms with E-state index in [0.717, 1.165) is 48.5 Å². The molecule has 584 valence electrons. The van der Waals surface area contributed by atoms with Gasteiger partial charge < -0.3 is 62.3 Å². The average molecular weight is 1660 g/mol. The summed E-state index contributed by atoms with van der Waals surface area (Å²) in [5.41, 5.74) is 15.3. The Kier molecular flexibility index (Phi) is 24.5. The van der Waals surface area contributed by atoms with E-state index in [1.165, 1.54) is 0 Å². The monoisotopic (exact) mass is 1660 g/mol. The molecule has 0 atom stereocenters. The maximum Gasteiger partial charge on any atom is 0.294 e. The summed E-state index contributed by atoms with van der Waals surface area (Å²) in [6.07, 6.45) is -7.46. The first kappa shape index (κ1) is 83.3. The second kappa shape index (κ2) is 31.7. The Balaban J connectivity index is 1.44. The lowest BCUT2D eigenvalue weighted by Crippen LogP contribution is -2.15. The molecule has 0 spiro atoms. The second-order valence-electron chi connectivity index (χ2n) is 24.4. The van der Waals surface area contributed by atoms with E-state index in [4.69, 9.17) is 41.9 Å². The summed E-state index contributed by atoms with van der Waals surface area (Å²) < 4.78 is 323. The zero-order chi connectivity index (χ0) is 79.9. The van der Waals surface area contributed by atoms with Crippen LogP contribution in [0, 0.1) is 0 Å². The van der Waals surface area contributed by atoms with E-state index in [2.05, 4.69) is 0 Å². The highest BCUT2D eigenvalue weighted by atomic mass is 32.2. The van der Waals surface area contributed by atoms with Crippen molar-refractivity contribution in [2.75, 3.05) is 52.6 Å². The van der Waals surface area contributed by atoms with Gasteiger partial charge in [0, 0.05) is 167 Å². The van der Waals surface area contributed by atoms with Crippen LogP contribution in [0.3, 0.4) is 0 Å². The van der Waals surface area contributed by atoms with Crippen LogP contribution in [0.2, 0.25) is 0 Å². The van der Waals surface area contributed by atoms with Crippen molar-refractivity contribution in [3.05, 3.63) is 186 Å². The predicted molar refractivity (Wildman–Crippen MR) is 377 cm³/mol. The van der Waals surface area contributed by atoms with E-state index in [1.807, 2.05) is 0 Å². The molecule has 36 nitrogen and oxygen atoms in total. The van der Waals surface area contributed by atoms with Crippen molar-refractivity contribution in [2.24, 2.45) is 22.9 Å². The molecule has 0 radical (unpaired) electrons. The Morgan fingerprint density at radius 3 is 0.407 bits per heavy atom. The number of rotatable bonds is 20. The van der Waals surface area contributed by atoms with Crippen LogP contribution >= 0.6 is 0 Å². The van der Waals surface area contributed by atoms with Gasteiger partial charge in [0.15, 0.2) is 0 Å². The Morgan fingerprint density at radius 1 is 0.213 bits per heavy atom. The maximum atomic E-state index is 13.3. The van der Waals surface area contributed by atoms with E-state index < -0.39 is 333 Å². The third-order valence-corrected chi connectivity index (χ3v) is 23.4. The number of aromatic hydroxyl groups is 4. The molecular weight excluding hydrogens is 1590 g/mol. The molecule has 9 rings (SSSR count). The third-order valence-electron chi connectivity index (χ3n) is 16.7. The molecule has 0 aliphatic heterocycles. The molecule has 0 heterocycles. The largest absolute Gasteiger partial charge is 0.507 e. The van der Waals surface area contributed by atoms with Crippen LogP contribution in [0.4, 0.5) is 0 Å². The molecule has 44 heteroatoms. The number of hydrogen-bond acceptors (Lipinski definition) is 28. The second-order valence-corrected chi connectivity index (χ2v) is 35.8. The van der Waals surface area contributed by atoms with Gasteiger partial charge in [-0.05, 0) is 97.1 Å². The Labute approximate surface area is 618 Å². The van der Waals surface area contributed by atoms with Crippen molar-refractivity contribution in [1.29, 1.82) is 0 Å². The lowest BCUT2D eigenvalue weighted by atomic mass is 9.91. The van der Waals surface area contributed by atoms with Crippen molar-refractivity contribution in [3.63, 3.8) is 0 Å². The third kappa shape index (κ3) is 19.5. The number of ether oxygens (including phenoxy) is 4. The molecule has 0 fully saturated rings. The van der Waals surface area contributed by atoms with Gasteiger partial charge in [-0.15, -0.1) is 0 Å². The van der Waals surface area contributed by atoms with Gasteiger partial charge in [0.25, 0.3) is 80.9 Å². The molecule has 20 N–H and O–H groups in total. The first-order valence-electron chi connectivity index (χ1n) is 31.2. The van der Waals surface area contributed by atoms with Crippen LogP contribution in [0.1, 0.15) is 89.0 Å². The molecule has 0 saturated heterocycles. The zero-order valence-electron chi connectivity index (χ0n) is 55.7. The quantitative estimate of drug-likeness (QED) is 0.0488. The smallest absolute Gasteiger partial charge is 0.294 e. The Morgan fingerprint density at radius 2 is 0.315 bits per heavy atom. The number of benzene rings is 8. The number of phenolic OH excluding ortho intramolecular Hbond substituents is 4. The van der Waals surface area contributed by atoms with E-state index in [1.54, 1.807) is 0 Å². The summed E-state index contributed by atoms with van der Waals surface area (Å²) in [5.74, 6) is -5.67. The molecular formula is C64H68N4O32S8. The number of fused-ring (bicyclic) bond motifs is 16. The number of phenols is 4. The molecule has 8 aromatic carbocycles. The number of nitrogens with two attached hydrogens (primary N) is 4. The molecule has 16 bridgehead atoms. The van der Waals surface area contributed by atoms with Crippen molar-refractivity contribution < 1.29 is 143 Å². The van der Waals surface area contributed by atoms with Crippen LogP contribution in [0.25, 0.3) is 0 Å². The molecule has 108 heavy (non-hydrogen) atoms. The maximum absolute atomic E-state index is 13.3. The fourth-order valence-electron chi connectivity index (χ4n) is 12.1. The van der Waals surface area contributed by atoms with Crippen molar-refractivity contribution >= 4 is 80.9 Å². The predicted octanol–water partition coefficient (Wildman–Crippen LogP) is 2.87. The van der Waals surface area contributed by atoms with E-state index in [9.17, 15) is 124 Å². The Bertz CT molecular complexity index is 5020. The van der Waals surface area contributed by atoms with Crippen LogP contribution in [-0.4, -0.2) is 177 Å². The molecule has 8 aromatic rings. The van der Waals surface area contributed by atoms with Gasteiger partial charge in [-0.1, -0.05) is 0 Å². The summed E-state index contributed by atoms with van der Waals surface area (Å²) in [4.78, 5) is -8.23. The van der Waals surface area contributed by atoms with Gasteiger partial charge in [-0.25, -0.2) is 0 Å². The zero-order valence-corrected chi connectivity index (χ0v) is 62.2. The summed E-state index contributed by atoms with van der Waals surface area (Å²) in [6.45, 7) is -3.39. The summed E-state index contributed by atoms with van der Waals surface area (Å²) in [7, 11) is -43.5. The molecule has 0 saturated carbocycles. The number of hydrogen-bond donors (Lipinski definition) is 16. The fourth-order valence-corrected chi connectivity index (χ4v) is 16.8. The highest BCUT2D eigenvalue weighted by Gasteiger charge is 2.32. The summed E-state index contributed by atoms with van der Waals surface area (Å²) in [5, 5.41) is 49.6. The van der Waals surface area contributed by atoms with Gasteiger partial charge >= 0.3 is 0 Å². The lowest BCUT2D eigenvalue weighted by Gasteiger charge is -2.22. The van der Waals surface area contributed by atoms with Gasteiger partial charge in [0.2, 0.25) is 0 Å². The highest BCUT2D eigenvalue weighted by molar-refractivity contribution is 7.87. The Hall–Kier alpha value is -8.72. The van der Waals surface area contributed by atoms with Crippen molar-refractivity contribution in [1.82, 2.24) is 0 Å². The van der Waals surface area contributed by atoms with E-state index in [0.29, 0.717) is 48.5 Å². The van der Waals surface area contributed by atoms with Gasteiger partial charge in [-0.3, -0.25) is 36.4 Å². The fraction of sp³-hybridized carbons (Fsp3) is 0.250. The van der Waals surface area contributed by atoms with Crippen LogP contribution in [0.15, 0.2) is 136 Å². The van der Waals surface area contributed by atoms with Crippen LogP contribution in [-0.2, 0) is 132 Å². The van der Waals surface area contributed by atoms with Gasteiger partial charge in [0.05, 0.1) is 39.2 Å². The standard InChI is InChI=1S/C64H68N4O32S8/c65-1-5-97-61-41-9-33-17-49(101(73,74)75)19-35(57(33)69)11-43-27-54(106(88,89)90)29-45(62(43)98-6-2-66)13-37-21-51(103(79,80)81)23-39(59(37)71)15-47-31-56(108(94,95)96)32-48(64(47)100-8-4-68)16-40-24-52(104(82,83)84)22-38(60(40)72)14-46-30-55(107(91,92)93)28-44(63(46)99-7-3-67)12-36-20-50(102(76,77)78)18-34(58(36)70)10-42(61)26-53(25-41)105(85,86)87/h17-32,69-72H,1-16,65-68H2,(H,73,74,75)(H,76,77,78)(H,79,80,81)(H,82,83,84)(H,85,86,87)(H,88,89,90)(H,91,92,93)(H,94,95,96). The first-order chi connectivity index (χ1) is 50.0. The van der Waals surface area contributed by atoms with Gasteiger partial charge in [-0.2, -0.15) is 67.3 Å². The summed E-state index contributed by atoms with van der Waals surface area (Å²) in [6, 6.07) is 11.4. The molecule has 0 amide bonds. The van der Waals surface area contributed by atoms with Gasteiger partial charge in [0.1, 0.15) is 72.4 Å². The average Bonchev–Trinajstić information content (AvgIpc) is 0.772. The highest BCUT2D eigenvalue weighted by Crippen LogP contribution is 2.45. The van der Waals surface area contributed by atoms with E-state index >= 15 is 0 Å². The topological polar surface area (TPSA) is 657 Å². The van der Waals surface area contributed by atoms with Crippen LogP contribution in [0.5, 0.6) is 46.0 Å². The van der Waals surface area contributed by atoms with Crippen LogP contribution < -0.4 is 41.9 Å². The molecule has 1 aliphatic rings. The minimum Gasteiger partial charge on any atom is -0.507 e. The normalized spacial score (nSPS) is 13.7. The van der Waals surface area contributed by atoms with Crippen molar-refractivity contribution in [2.45, 2.75) is 90.5 Å². The summed E-state index contributed by atoms with van der Waals surface area (Å²) >= 11 is 0. The molecule has 0 unspecified atom stereocenters. The minimum atomic E-state index is -5.44. The minimum absolute atomic E-state index is 0.349. The SMILES string of the molecule is NCCOc1c2cc(S(=O)(=O)O)cc1Cc1cc(S(=O)(=O)O)cc(c1O)Cc1cc(S(=O)(=O)O)cc(c1OCCN)Cc1cc(S(=O)(=O)O)cc(c1O)Cc1cc(S(=O)(=O)O)cc(c1OCCN)Cc1cc(S(=O)(=O)O)cc(c1O)Cc1cc(S(=O)(=O)O)cc(c1OCCN)Cc1cc(S(=O)(=O)O)cc(c1O)C2. The lowest BCUT2D eigenvalue weighted by molar-refractivity contribution is 0.321. The molecule has 0 aromatic heterocycles.